The first-order valence-corrected chi connectivity index (χ1v) is 7.09. The first kappa shape index (κ1) is 15.1. The van der Waals surface area contributed by atoms with Gasteiger partial charge in [0.05, 0.1) is 0 Å². The summed E-state index contributed by atoms with van der Waals surface area (Å²) in [7, 11) is 0. The molecule has 0 aliphatic carbocycles. The number of likely N-dealkylation sites (N-methyl/N-ethyl adjacent to an activating group) is 2. The van der Waals surface area contributed by atoms with E-state index in [9.17, 15) is 0 Å². The smallest absolute Gasteiger partial charge is 0.0271 e. The molecule has 1 aromatic heterocycles. The molecule has 0 aromatic carbocycles. The van der Waals surface area contributed by atoms with Gasteiger partial charge < -0.3 is 5.32 Å². The molecule has 0 saturated carbocycles. The van der Waals surface area contributed by atoms with Crippen LogP contribution >= 0.6 is 0 Å². The van der Waals surface area contributed by atoms with Crippen molar-refractivity contribution < 1.29 is 0 Å². The van der Waals surface area contributed by atoms with Gasteiger partial charge in [-0.1, -0.05) is 20.8 Å². The van der Waals surface area contributed by atoms with Gasteiger partial charge in [-0.3, -0.25) is 9.88 Å². The molecule has 0 amide bonds. The molecule has 0 saturated heterocycles. The van der Waals surface area contributed by atoms with Gasteiger partial charge in [-0.05, 0) is 44.1 Å². The van der Waals surface area contributed by atoms with Crippen LogP contribution in [0.3, 0.4) is 0 Å². The monoisotopic (exact) mass is 249 g/mol. The zero-order chi connectivity index (χ0) is 13.4. The molecule has 0 radical (unpaired) electrons. The number of aromatic nitrogens is 1. The predicted octanol–water partition coefficient (Wildman–Crippen LogP) is 2.68. The van der Waals surface area contributed by atoms with E-state index < -0.39 is 0 Å². The van der Waals surface area contributed by atoms with Crippen LogP contribution in [0.15, 0.2) is 24.5 Å². The van der Waals surface area contributed by atoms with E-state index in [-0.39, 0.29) is 0 Å². The summed E-state index contributed by atoms with van der Waals surface area (Å²) in [5.74, 6) is 0. The van der Waals surface area contributed by atoms with Gasteiger partial charge in [0.25, 0.3) is 0 Å². The van der Waals surface area contributed by atoms with Gasteiger partial charge in [-0.25, -0.2) is 0 Å². The van der Waals surface area contributed by atoms with E-state index >= 15 is 0 Å². The second-order valence-electron chi connectivity index (χ2n) is 4.73. The highest BCUT2D eigenvalue weighted by molar-refractivity contribution is 5.09. The van der Waals surface area contributed by atoms with Gasteiger partial charge in [0.15, 0.2) is 0 Å². The molecule has 3 nitrogen and oxygen atoms in total. The molecule has 1 rings (SSSR count). The predicted molar refractivity (Wildman–Crippen MR) is 77.5 cm³/mol. The lowest BCUT2D eigenvalue weighted by atomic mass is 10.0. The van der Waals surface area contributed by atoms with E-state index in [0.29, 0.717) is 12.1 Å². The number of rotatable bonds is 8. The Morgan fingerprint density at radius 1 is 1.22 bits per heavy atom. The van der Waals surface area contributed by atoms with Gasteiger partial charge in [-0.15, -0.1) is 0 Å². The Morgan fingerprint density at radius 2 is 1.89 bits per heavy atom. The molecule has 0 aliphatic rings. The van der Waals surface area contributed by atoms with Crippen molar-refractivity contribution in [2.24, 2.45) is 0 Å². The minimum Gasteiger partial charge on any atom is -0.313 e. The fourth-order valence-electron chi connectivity index (χ4n) is 2.44. The van der Waals surface area contributed by atoms with Gasteiger partial charge in [0, 0.05) is 31.0 Å². The summed E-state index contributed by atoms with van der Waals surface area (Å²) < 4.78 is 0. The molecule has 2 unspecified atom stereocenters. The molecule has 1 N–H and O–H groups in total. The summed E-state index contributed by atoms with van der Waals surface area (Å²) in [6.45, 7) is 12.1. The summed E-state index contributed by atoms with van der Waals surface area (Å²) in [5, 5.41) is 3.58. The number of nitrogens with zero attached hydrogens (tertiary/aromatic N) is 2. The SMILES string of the molecule is CCNC(CC)C(C)N(CC)Cc1ccncc1. The van der Waals surface area contributed by atoms with Crippen LogP contribution < -0.4 is 5.32 Å². The van der Waals surface area contributed by atoms with Crippen molar-refractivity contribution in [1.29, 1.82) is 0 Å². The minimum absolute atomic E-state index is 0.549. The van der Waals surface area contributed by atoms with E-state index in [2.05, 4.69) is 55.0 Å². The molecular weight excluding hydrogens is 222 g/mol. The van der Waals surface area contributed by atoms with Gasteiger partial charge in [-0.2, -0.15) is 0 Å². The Bertz CT molecular complexity index is 313. The van der Waals surface area contributed by atoms with Crippen LogP contribution in [0.4, 0.5) is 0 Å². The topological polar surface area (TPSA) is 28.2 Å². The highest BCUT2D eigenvalue weighted by atomic mass is 15.2. The zero-order valence-corrected chi connectivity index (χ0v) is 12.2. The first-order valence-electron chi connectivity index (χ1n) is 7.09. The number of hydrogen-bond acceptors (Lipinski definition) is 3. The lowest BCUT2D eigenvalue weighted by molar-refractivity contribution is 0.167. The number of pyridine rings is 1. The minimum atomic E-state index is 0.549. The second kappa shape index (κ2) is 8.22. The quantitative estimate of drug-likeness (QED) is 0.768. The third-order valence-electron chi connectivity index (χ3n) is 3.61. The van der Waals surface area contributed by atoms with Crippen molar-refractivity contribution in [2.75, 3.05) is 13.1 Å². The maximum absolute atomic E-state index is 4.07. The van der Waals surface area contributed by atoms with E-state index in [1.165, 1.54) is 12.0 Å². The lowest BCUT2D eigenvalue weighted by Crippen LogP contribution is -2.47. The van der Waals surface area contributed by atoms with Crippen molar-refractivity contribution in [2.45, 2.75) is 52.7 Å². The average Bonchev–Trinajstić information content (AvgIpc) is 2.42. The molecule has 0 fully saturated rings. The Morgan fingerprint density at radius 3 is 2.39 bits per heavy atom. The van der Waals surface area contributed by atoms with Crippen molar-refractivity contribution in [3.8, 4) is 0 Å². The standard InChI is InChI=1S/C15H27N3/c1-5-15(17-6-2)13(4)18(7-3)12-14-8-10-16-11-9-14/h8-11,13,15,17H,5-7,12H2,1-4H3. The average molecular weight is 249 g/mol. The summed E-state index contributed by atoms with van der Waals surface area (Å²) in [5.41, 5.74) is 1.34. The first-order chi connectivity index (χ1) is 8.72. The molecule has 2 atom stereocenters. The molecule has 0 bridgehead atoms. The van der Waals surface area contributed by atoms with Gasteiger partial charge in [0.1, 0.15) is 0 Å². The van der Waals surface area contributed by atoms with Crippen LogP contribution in [-0.4, -0.2) is 35.1 Å². The largest absolute Gasteiger partial charge is 0.313 e. The highest BCUT2D eigenvalue weighted by Gasteiger charge is 2.20. The Labute approximate surface area is 112 Å². The second-order valence-corrected chi connectivity index (χ2v) is 4.73. The maximum Gasteiger partial charge on any atom is 0.0271 e. The summed E-state index contributed by atoms with van der Waals surface area (Å²) >= 11 is 0. The molecule has 1 heterocycles. The highest BCUT2D eigenvalue weighted by Crippen LogP contribution is 2.12. The molecule has 0 aliphatic heterocycles. The molecule has 18 heavy (non-hydrogen) atoms. The van der Waals surface area contributed by atoms with E-state index in [1.54, 1.807) is 0 Å². The van der Waals surface area contributed by atoms with Crippen LogP contribution in [0.2, 0.25) is 0 Å². The fraction of sp³-hybridized carbons (Fsp3) is 0.667. The molecule has 3 heteroatoms. The van der Waals surface area contributed by atoms with Gasteiger partial charge >= 0.3 is 0 Å². The third-order valence-corrected chi connectivity index (χ3v) is 3.61. The molecular formula is C15H27N3. The van der Waals surface area contributed by atoms with E-state index in [1.807, 2.05) is 12.4 Å². The van der Waals surface area contributed by atoms with Crippen molar-refractivity contribution in [3.63, 3.8) is 0 Å². The van der Waals surface area contributed by atoms with Gasteiger partial charge in [0.2, 0.25) is 0 Å². The number of hydrogen-bond donors (Lipinski definition) is 1. The van der Waals surface area contributed by atoms with E-state index in [0.717, 1.165) is 19.6 Å². The summed E-state index contributed by atoms with van der Waals surface area (Å²) in [6, 6.07) is 5.32. The van der Waals surface area contributed by atoms with Crippen molar-refractivity contribution >= 4 is 0 Å². The van der Waals surface area contributed by atoms with Crippen LogP contribution in [-0.2, 0) is 6.54 Å². The lowest BCUT2D eigenvalue weighted by Gasteiger charge is -2.34. The number of nitrogens with one attached hydrogen (secondary N) is 1. The molecule has 0 spiro atoms. The Balaban J connectivity index is 2.64. The maximum atomic E-state index is 4.07. The fourth-order valence-corrected chi connectivity index (χ4v) is 2.44. The molecule has 1 aromatic rings. The van der Waals surface area contributed by atoms with Crippen molar-refractivity contribution in [3.05, 3.63) is 30.1 Å². The van der Waals surface area contributed by atoms with Crippen LogP contribution in [0, 0.1) is 0 Å². The van der Waals surface area contributed by atoms with Crippen LogP contribution in [0.1, 0.15) is 39.7 Å². The van der Waals surface area contributed by atoms with E-state index in [4.69, 9.17) is 0 Å². The normalized spacial score (nSPS) is 14.7. The molecule has 102 valence electrons. The van der Waals surface area contributed by atoms with Crippen LogP contribution in [0.25, 0.3) is 0 Å². The summed E-state index contributed by atoms with van der Waals surface area (Å²) in [6.07, 6.45) is 4.91. The third kappa shape index (κ3) is 4.39. The zero-order valence-electron chi connectivity index (χ0n) is 12.2. The Kier molecular flexibility index (Phi) is 6.91. The Hall–Kier alpha value is -0.930. The summed E-state index contributed by atoms with van der Waals surface area (Å²) in [4.78, 5) is 6.59. The van der Waals surface area contributed by atoms with Crippen molar-refractivity contribution in [1.82, 2.24) is 15.2 Å². The van der Waals surface area contributed by atoms with Crippen LogP contribution in [0.5, 0.6) is 0 Å².